The summed E-state index contributed by atoms with van der Waals surface area (Å²) in [5, 5.41) is 9.48. The molecule has 3 rings (SSSR count). The zero-order valence-electron chi connectivity index (χ0n) is 13.4. The monoisotopic (exact) mass is 329 g/mol. The van der Waals surface area contributed by atoms with E-state index in [1.165, 1.54) is 7.11 Å². The van der Waals surface area contributed by atoms with E-state index < -0.39 is 11.4 Å². The van der Waals surface area contributed by atoms with E-state index in [2.05, 4.69) is 4.98 Å². The summed E-state index contributed by atoms with van der Waals surface area (Å²) in [4.78, 5) is 29.8. The van der Waals surface area contributed by atoms with Crippen LogP contribution in [0.15, 0.2) is 43.0 Å². The molecule has 2 heterocycles. The molecule has 0 radical (unpaired) electrons. The third-order valence-electron chi connectivity index (χ3n) is 4.43. The van der Waals surface area contributed by atoms with Crippen LogP contribution in [0.25, 0.3) is 5.69 Å². The van der Waals surface area contributed by atoms with Gasteiger partial charge in [0.05, 0.1) is 12.9 Å². The van der Waals surface area contributed by atoms with E-state index in [4.69, 9.17) is 4.74 Å². The molecule has 1 unspecified atom stereocenters. The normalized spacial score (nSPS) is 20.3. The Balaban J connectivity index is 1.74. The van der Waals surface area contributed by atoms with Crippen LogP contribution in [0, 0.1) is 5.41 Å². The molecule has 1 saturated heterocycles. The summed E-state index contributed by atoms with van der Waals surface area (Å²) in [5.41, 5.74) is 0.434. The van der Waals surface area contributed by atoms with Crippen molar-refractivity contribution < 1.29 is 19.4 Å². The molecule has 0 aliphatic carbocycles. The molecular formula is C17H19N3O4. The average Bonchev–Trinajstić information content (AvgIpc) is 3.25. The van der Waals surface area contributed by atoms with Gasteiger partial charge in [-0.15, -0.1) is 0 Å². The number of hydrogen-bond donors (Lipinski definition) is 1. The Bertz CT molecular complexity index is 727. The molecule has 1 aromatic heterocycles. The first-order valence-electron chi connectivity index (χ1n) is 7.66. The fourth-order valence-corrected chi connectivity index (χ4v) is 3.05. The Kier molecular flexibility index (Phi) is 4.35. The first-order valence-corrected chi connectivity index (χ1v) is 7.66. The number of aliphatic carboxylic acids is 1. The average molecular weight is 329 g/mol. The summed E-state index contributed by atoms with van der Waals surface area (Å²) in [6.07, 6.45) is 5.59. The molecule has 1 aliphatic heterocycles. The van der Waals surface area contributed by atoms with Gasteiger partial charge in [0.1, 0.15) is 5.41 Å². The van der Waals surface area contributed by atoms with Crippen molar-refractivity contribution in [1.29, 1.82) is 0 Å². The van der Waals surface area contributed by atoms with Crippen molar-refractivity contribution in [2.24, 2.45) is 5.41 Å². The number of methoxy groups -OCH3 is 1. The minimum absolute atomic E-state index is 0.103. The maximum absolute atomic E-state index is 12.6. The van der Waals surface area contributed by atoms with Crippen LogP contribution in [0.3, 0.4) is 0 Å². The zero-order valence-corrected chi connectivity index (χ0v) is 13.4. The molecule has 0 saturated carbocycles. The number of carboxylic acid groups (broad SMARTS) is 1. The van der Waals surface area contributed by atoms with Crippen molar-refractivity contribution in [3.63, 3.8) is 0 Å². The van der Waals surface area contributed by atoms with Crippen molar-refractivity contribution in [3.05, 3.63) is 48.5 Å². The van der Waals surface area contributed by atoms with E-state index in [1.54, 1.807) is 29.6 Å². The quantitative estimate of drug-likeness (QED) is 0.897. The van der Waals surface area contributed by atoms with Crippen LogP contribution in [0.5, 0.6) is 0 Å². The van der Waals surface area contributed by atoms with Gasteiger partial charge in [0.25, 0.3) is 5.91 Å². The molecule has 7 nitrogen and oxygen atoms in total. The SMILES string of the molecule is COCC1(C(=O)O)CCN(C(=O)c2ccc(-n3ccnc3)cc2)C1. The van der Waals surface area contributed by atoms with Gasteiger partial charge >= 0.3 is 5.97 Å². The van der Waals surface area contributed by atoms with Crippen molar-refractivity contribution in [2.75, 3.05) is 26.8 Å². The largest absolute Gasteiger partial charge is 0.481 e. The van der Waals surface area contributed by atoms with Crippen LogP contribution in [-0.4, -0.2) is 58.2 Å². The molecule has 1 aromatic carbocycles. The molecule has 1 aliphatic rings. The van der Waals surface area contributed by atoms with E-state index in [1.807, 2.05) is 22.9 Å². The van der Waals surface area contributed by atoms with Crippen LogP contribution >= 0.6 is 0 Å². The van der Waals surface area contributed by atoms with Crippen LogP contribution in [0.4, 0.5) is 0 Å². The van der Waals surface area contributed by atoms with Gasteiger partial charge in [-0.2, -0.15) is 0 Å². The van der Waals surface area contributed by atoms with Crippen LogP contribution in [0.1, 0.15) is 16.8 Å². The summed E-state index contributed by atoms with van der Waals surface area (Å²) in [6.45, 7) is 0.682. The number of carbonyl (C=O) groups is 2. The van der Waals surface area contributed by atoms with E-state index in [0.717, 1.165) is 5.69 Å². The molecular weight excluding hydrogens is 310 g/mol. The lowest BCUT2D eigenvalue weighted by Gasteiger charge is -2.23. The van der Waals surface area contributed by atoms with Crippen LogP contribution < -0.4 is 0 Å². The first kappa shape index (κ1) is 16.2. The minimum Gasteiger partial charge on any atom is -0.481 e. The summed E-state index contributed by atoms with van der Waals surface area (Å²) in [6, 6.07) is 7.17. The molecule has 2 aromatic rings. The summed E-state index contributed by atoms with van der Waals surface area (Å²) >= 11 is 0. The highest BCUT2D eigenvalue weighted by Crippen LogP contribution is 2.32. The van der Waals surface area contributed by atoms with Gasteiger partial charge in [-0.25, -0.2) is 4.98 Å². The lowest BCUT2D eigenvalue weighted by Crippen LogP contribution is -2.40. The smallest absolute Gasteiger partial charge is 0.313 e. The van der Waals surface area contributed by atoms with Gasteiger partial charge in [0.2, 0.25) is 0 Å². The van der Waals surface area contributed by atoms with Crippen LogP contribution in [-0.2, 0) is 9.53 Å². The lowest BCUT2D eigenvalue weighted by atomic mass is 9.88. The number of likely N-dealkylation sites (tertiary alicyclic amines) is 1. The summed E-state index contributed by atoms with van der Waals surface area (Å²) < 4.78 is 6.90. The number of benzene rings is 1. The van der Waals surface area contributed by atoms with Gasteiger partial charge in [0, 0.05) is 43.8 Å². The Hall–Kier alpha value is -2.67. The third-order valence-corrected chi connectivity index (χ3v) is 4.43. The first-order chi connectivity index (χ1) is 11.6. The molecule has 1 fully saturated rings. The third kappa shape index (κ3) is 2.90. The van der Waals surface area contributed by atoms with Gasteiger partial charge in [-0.3, -0.25) is 9.59 Å². The van der Waals surface area contributed by atoms with Gasteiger partial charge in [-0.1, -0.05) is 0 Å². The fourth-order valence-electron chi connectivity index (χ4n) is 3.05. The highest BCUT2D eigenvalue weighted by molar-refractivity contribution is 5.95. The number of carbonyl (C=O) groups excluding carboxylic acids is 1. The van der Waals surface area contributed by atoms with E-state index in [0.29, 0.717) is 18.5 Å². The Labute approximate surface area is 139 Å². The topological polar surface area (TPSA) is 84.7 Å². The van der Waals surface area contributed by atoms with Gasteiger partial charge in [-0.05, 0) is 30.7 Å². The number of amides is 1. The van der Waals surface area contributed by atoms with Crippen molar-refractivity contribution >= 4 is 11.9 Å². The predicted molar refractivity (Wildman–Crippen MR) is 86.0 cm³/mol. The molecule has 1 atom stereocenters. The molecule has 1 N–H and O–H groups in total. The second kappa shape index (κ2) is 6.45. The van der Waals surface area contributed by atoms with Crippen molar-refractivity contribution in [1.82, 2.24) is 14.5 Å². The Morgan fingerprint density at radius 1 is 1.33 bits per heavy atom. The number of ether oxygens (including phenoxy) is 1. The fraction of sp³-hybridized carbons (Fsp3) is 0.353. The highest BCUT2D eigenvalue weighted by atomic mass is 16.5. The second-order valence-electron chi connectivity index (χ2n) is 6.01. The number of carboxylic acids is 1. The Morgan fingerprint density at radius 3 is 2.67 bits per heavy atom. The second-order valence-corrected chi connectivity index (χ2v) is 6.01. The number of rotatable bonds is 5. The molecule has 0 spiro atoms. The van der Waals surface area contributed by atoms with Gasteiger partial charge < -0.3 is 19.3 Å². The molecule has 0 bridgehead atoms. The lowest BCUT2D eigenvalue weighted by molar-refractivity contribution is -0.151. The van der Waals surface area contributed by atoms with E-state index in [9.17, 15) is 14.7 Å². The van der Waals surface area contributed by atoms with Crippen molar-refractivity contribution in [2.45, 2.75) is 6.42 Å². The molecule has 7 heteroatoms. The number of imidazole rings is 1. The minimum atomic E-state index is -1.01. The molecule has 1 amide bonds. The van der Waals surface area contributed by atoms with E-state index >= 15 is 0 Å². The summed E-state index contributed by atoms with van der Waals surface area (Å²) in [5.74, 6) is -1.08. The van der Waals surface area contributed by atoms with Gasteiger partial charge in [0.15, 0.2) is 0 Å². The van der Waals surface area contributed by atoms with Crippen LogP contribution in [0.2, 0.25) is 0 Å². The number of nitrogens with zero attached hydrogens (tertiary/aromatic N) is 3. The number of aromatic nitrogens is 2. The zero-order chi connectivity index (χ0) is 17.2. The molecule has 24 heavy (non-hydrogen) atoms. The molecule has 126 valence electrons. The van der Waals surface area contributed by atoms with E-state index in [-0.39, 0.29) is 19.1 Å². The summed E-state index contributed by atoms with van der Waals surface area (Å²) in [7, 11) is 1.48. The maximum atomic E-state index is 12.6. The van der Waals surface area contributed by atoms with Crippen molar-refractivity contribution in [3.8, 4) is 5.69 Å². The maximum Gasteiger partial charge on any atom is 0.313 e. The number of hydrogen-bond acceptors (Lipinski definition) is 4. The standard InChI is InChI=1S/C17H19N3O4/c1-24-11-17(16(22)23)6-8-19(10-17)15(21)13-2-4-14(5-3-13)20-9-7-18-12-20/h2-5,7,9,12H,6,8,10-11H2,1H3,(H,22,23). The predicted octanol–water partition coefficient (Wildman–Crippen LogP) is 1.44. The highest BCUT2D eigenvalue weighted by Gasteiger charge is 2.46. The Morgan fingerprint density at radius 2 is 2.08 bits per heavy atom.